The maximum absolute atomic E-state index is 12.3. The van der Waals surface area contributed by atoms with Crippen LogP contribution in [0.2, 0.25) is 0 Å². The minimum Gasteiger partial charge on any atom is -0.481 e. The normalized spacial score (nSPS) is 31.3. The van der Waals surface area contributed by atoms with E-state index in [0.717, 1.165) is 0 Å². The molecule has 1 unspecified atom stereocenters. The van der Waals surface area contributed by atoms with Crippen LogP contribution >= 0.6 is 0 Å². The van der Waals surface area contributed by atoms with Gasteiger partial charge in [-0.1, -0.05) is 6.92 Å². The number of carbonyl (C=O) groups excluding carboxylic acids is 1. The summed E-state index contributed by atoms with van der Waals surface area (Å²) in [6.07, 6.45) is 5.65. The van der Waals surface area contributed by atoms with Gasteiger partial charge in [-0.3, -0.25) is 4.79 Å². The molecule has 22 heavy (non-hydrogen) atoms. The summed E-state index contributed by atoms with van der Waals surface area (Å²) in [5, 5.41) is 9.14. The molecule has 2 heterocycles. The number of carbonyl (C=O) groups is 2. The van der Waals surface area contributed by atoms with Crippen molar-refractivity contribution in [1.82, 2.24) is 9.97 Å². The van der Waals surface area contributed by atoms with E-state index in [0.29, 0.717) is 38.1 Å². The third-order valence-electron chi connectivity index (χ3n) is 4.74. The lowest BCUT2D eigenvalue weighted by Gasteiger charge is -2.38. The number of aromatic nitrogens is 2. The fourth-order valence-electron chi connectivity index (χ4n) is 3.63. The molecule has 118 valence electrons. The van der Waals surface area contributed by atoms with E-state index in [9.17, 15) is 9.59 Å². The molecule has 1 amide bonds. The number of anilines is 1. The van der Waals surface area contributed by atoms with Gasteiger partial charge >= 0.3 is 12.1 Å². The Morgan fingerprint density at radius 1 is 1.41 bits per heavy atom. The first-order valence-electron chi connectivity index (χ1n) is 7.59. The van der Waals surface area contributed by atoms with Gasteiger partial charge in [-0.25, -0.2) is 19.7 Å². The fraction of sp³-hybridized carbons (Fsp3) is 0.600. The largest absolute Gasteiger partial charge is 0.481 e. The number of nitrogens with zero attached hydrogens (tertiary/aromatic N) is 3. The van der Waals surface area contributed by atoms with Crippen molar-refractivity contribution in [3.63, 3.8) is 0 Å². The first-order chi connectivity index (χ1) is 10.6. The van der Waals surface area contributed by atoms with Crippen molar-refractivity contribution >= 4 is 18.0 Å². The number of carboxylic acids is 1. The highest BCUT2D eigenvalue weighted by molar-refractivity contribution is 5.89. The predicted octanol–water partition coefficient (Wildman–Crippen LogP) is 2.23. The maximum atomic E-state index is 12.3. The smallest absolute Gasteiger partial charge is 0.417 e. The molecule has 1 aromatic rings. The van der Waals surface area contributed by atoms with Crippen molar-refractivity contribution in [3.8, 4) is 0 Å². The van der Waals surface area contributed by atoms with Gasteiger partial charge < -0.3 is 9.84 Å². The van der Waals surface area contributed by atoms with Crippen LogP contribution in [-0.4, -0.2) is 38.8 Å². The zero-order chi connectivity index (χ0) is 15.7. The van der Waals surface area contributed by atoms with E-state index in [2.05, 4.69) is 9.97 Å². The second kappa shape index (κ2) is 5.55. The lowest BCUT2D eigenvalue weighted by molar-refractivity contribution is -0.144. The molecule has 1 atom stereocenters. The zero-order valence-corrected chi connectivity index (χ0v) is 12.4. The summed E-state index contributed by atoms with van der Waals surface area (Å²) in [4.78, 5) is 33.3. The summed E-state index contributed by atoms with van der Waals surface area (Å²) < 4.78 is 5.70. The standard InChI is InChI=1S/C15H19N3O4/c1-2-11-15(6-4-10(5-7-15)12(19)20)22-14(21)18(11)13-16-8-3-9-17-13/h3,8-11H,2,4-7H2,1H3,(H,19,20). The third-order valence-corrected chi connectivity index (χ3v) is 4.74. The SMILES string of the molecule is CCC1N(c2ncccn2)C(=O)OC12CCC(C(=O)O)CC2. The molecule has 7 heteroatoms. The van der Waals surface area contributed by atoms with Gasteiger partial charge in [-0.2, -0.15) is 0 Å². The Morgan fingerprint density at radius 3 is 2.59 bits per heavy atom. The van der Waals surface area contributed by atoms with Crippen molar-refractivity contribution in [3.05, 3.63) is 18.5 Å². The number of rotatable bonds is 3. The highest BCUT2D eigenvalue weighted by atomic mass is 16.6. The topological polar surface area (TPSA) is 92.6 Å². The molecule has 1 aliphatic carbocycles. The number of hydrogen-bond donors (Lipinski definition) is 1. The first-order valence-corrected chi connectivity index (χ1v) is 7.59. The summed E-state index contributed by atoms with van der Waals surface area (Å²) in [6.45, 7) is 1.99. The minimum absolute atomic E-state index is 0.155. The minimum atomic E-state index is -0.768. The van der Waals surface area contributed by atoms with Crippen LogP contribution in [0.1, 0.15) is 39.0 Å². The lowest BCUT2D eigenvalue weighted by Crippen LogP contribution is -2.48. The van der Waals surface area contributed by atoms with Gasteiger partial charge in [-0.15, -0.1) is 0 Å². The Balaban J connectivity index is 1.86. The van der Waals surface area contributed by atoms with Crippen LogP contribution in [0.15, 0.2) is 18.5 Å². The summed E-state index contributed by atoms with van der Waals surface area (Å²) in [6, 6.07) is 1.54. The molecular formula is C15H19N3O4. The lowest BCUT2D eigenvalue weighted by atomic mass is 9.74. The van der Waals surface area contributed by atoms with Gasteiger partial charge in [0.15, 0.2) is 0 Å². The Bertz CT molecular complexity index is 569. The van der Waals surface area contributed by atoms with Gasteiger partial charge in [-0.05, 0) is 38.2 Å². The van der Waals surface area contributed by atoms with Crippen molar-refractivity contribution in [2.24, 2.45) is 5.92 Å². The van der Waals surface area contributed by atoms with E-state index in [-0.39, 0.29) is 12.0 Å². The Labute approximate surface area is 128 Å². The molecular weight excluding hydrogens is 286 g/mol. The summed E-state index contributed by atoms with van der Waals surface area (Å²) in [7, 11) is 0. The summed E-state index contributed by atoms with van der Waals surface area (Å²) >= 11 is 0. The van der Waals surface area contributed by atoms with E-state index in [1.165, 1.54) is 4.90 Å². The molecule has 0 bridgehead atoms. The molecule has 3 rings (SSSR count). The van der Waals surface area contributed by atoms with Gasteiger partial charge in [0.05, 0.1) is 12.0 Å². The van der Waals surface area contributed by atoms with Crippen LogP contribution in [0.25, 0.3) is 0 Å². The quantitative estimate of drug-likeness (QED) is 0.920. The first kappa shape index (κ1) is 14.7. The summed E-state index contributed by atoms with van der Waals surface area (Å²) in [5.41, 5.74) is -0.614. The highest BCUT2D eigenvalue weighted by Crippen LogP contribution is 2.45. The van der Waals surface area contributed by atoms with Crippen LogP contribution in [0, 0.1) is 5.92 Å². The third kappa shape index (κ3) is 2.30. The molecule has 1 N–H and O–H groups in total. The number of hydrogen-bond acceptors (Lipinski definition) is 5. The maximum Gasteiger partial charge on any atom is 0.417 e. The summed E-state index contributed by atoms with van der Waals surface area (Å²) in [5.74, 6) is -0.768. The Morgan fingerprint density at radius 2 is 2.05 bits per heavy atom. The molecule has 0 aromatic carbocycles. The van der Waals surface area contributed by atoms with Gasteiger partial charge in [0, 0.05) is 12.4 Å². The van der Waals surface area contributed by atoms with E-state index >= 15 is 0 Å². The number of ether oxygens (including phenoxy) is 1. The van der Waals surface area contributed by atoms with Crippen molar-refractivity contribution < 1.29 is 19.4 Å². The van der Waals surface area contributed by atoms with E-state index in [4.69, 9.17) is 9.84 Å². The van der Waals surface area contributed by atoms with E-state index < -0.39 is 17.7 Å². The molecule has 7 nitrogen and oxygen atoms in total. The van der Waals surface area contributed by atoms with Crippen molar-refractivity contribution in [1.29, 1.82) is 0 Å². The van der Waals surface area contributed by atoms with Gasteiger partial charge in [0.1, 0.15) is 5.60 Å². The second-order valence-electron chi connectivity index (χ2n) is 5.89. The van der Waals surface area contributed by atoms with E-state index in [1.807, 2.05) is 6.92 Å². The van der Waals surface area contributed by atoms with Gasteiger partial charge in [0.2, 0.25) is 5.95 Å². The average Bonchev–Trinajstić information content (AvgIpc) is 2.79. The molecule has 1 saturated heterocycles. The number of aliphatic carboxylic acids is 1. The molecule has 1 aliphatic heterocycles. The zero-order valence-electron chi connectivity index (χ0n) is 12.4. The fourth-order valence-corrected chi connectivity index (χ4v) is 3.63. The van der Waals surface area contributed by atoms with Crippen LogP contribution < -0.4 is 4.90 Å². The van der Waals surface area contributed by atoms with Gasteiger partial charge in [0.25, 0.3) is 0 Å². The Hall–Kier alpha value is -2.18. The molecule has 1 aromatic heterocycles. The number of carboxylic acid groups (broad SMARTS) is 1. The molecule has 0 radical (unpaired) electrons. The van der Waals surface area contributed by atoms with Crippen LogP contribution in [0.3, 0.4) is 0 Å². The molecule has 1 saturated carbocycles. The van der Waals surface area contributed by atoms with Crippen LogP contribution in [0.4, 0.5) is 10.7 Å². The monoisotopic (exact) mass is 305 g/mol. The predicted molar refractivity (Wildman–Crippen MR) is 77.4 cm³/mol. The Kier molecular flexibility index (Phi) is 3.72. The molecule has 2 aliphatic rings. The number of amides is 1. The van der Waals surface area contributed by atoms with Crippen molar-refractivity contribution in [2.45, 2.75) is 50.7 Å². The second-order valence-corrected chi connectivity index (χ2v) is 5.89. The van der Waals surface area contributed by atoms with Crippen molar-refractivity contribution in [2.75, 3.05) is 4.90 Å². The van der Waals surface area contributed by atoms with E-state index in [1.54, 1.807) is 18.5 Å². The van der Waals surface area contributed by atoms with Crippen LogP contribution in [0.5, 0.6) is 0 Å². The van der Waals surface area contributed by atoms with Crippen LogP contribution in [-0.2, 0) is 9.53 Å². The average molecular weight is 305 g/mol. The molecule has 2 fully saturated rings. The highest BCUT2D eigenvalue weighted by Gasteiger charge is 2.55. The molecule has 1 spiro atoms.